The molecule has 0 saturated carbocycles. The molecule has 0 aromatic heterocycles. The van der Waals surface area contributed by atoms with E-state index in [1.54, 1.807) is 0 Å². The predicted molar refractivity (Wildman–Crippen MR) is 46.3 cm³/mol. The molecular formula is C7H12S2. The third-order valence-electron chi connectivity index (χ3n) is 2.02. The maximum Gasteiger partial charge on any atom is 0.0236 e. The Morgan fingerprint density at radius 1 is 1.11 bits per heavy atom. The average molecular weight is 160 g/mol. The van der Waals surface area contributed by atoms with Crippen LogP contribution < -0.4 is 0 Å². The van der Waals surface area contributed by atoms with E-state index in [0.717, 1.165) is 0 Å². The Morgan fingerprint density at radius 3 is 1.67 bits per heavy atom. The van der Waals surface area contributed by atoms with Crippen LogP contribution >= 0.6 is 23.5 Å². The minimum Gasteiger partial charge on any atom is -0.153 e. The molecule has 0 nitrogen and oxygen atoms in total. The van der Waals surface area contributed by atoms with Crippen LogP contribution in [0.15, 0.2) is 0 Å². The second kappa shape index (κ2) is 1.65. The lowest BCUT2D eigenvalue weighted by atomic mass is 10.0. The first-order valence-electron chi connectivity index (χ1n) is 3.40. The third-order valence-corrected chi connectivity index (χ3v) is 4.86. The van der Waals surface area contributed by atoms with Crippen molar-refractivity contribution in [1.29, 1.82) is 0 Å². The van der Waals surface area contributed by atoms with Crippen molar-refractivity contribution in [3.63, 3.8) is 0 Å². The lowest BCUT2D eigenvalue weighted by Gasteiger charge is -2.09. The van der Waals surface area contributed by atoms with Gasteiger partial charge in [0.2, 0.25) is 0 Å². The van der Waals surface area contributed by atoms with E-state index in [-0.39, 0.29) is 0 Å². The lowest BCUT2D eigenvalue weighted by molar-refractivity contribution is 0.624. The van der Waals surface area contributed by atoms with Gasteiger partial charge in [0.15, 0.2) is 0 Å². The van der Waals surface area contributed by atoms with Crippen molar-refractivity contribution in [3.05, 3.63) is 0 Å². The normalized spacial score (nSPS) is 55.3. The van der Waals surface area contributed by atoms with Gasteiger partial charge >= 0.3 is 0 Å². The topological polar surface area (TPSA) is 0 Å². The van der Waals surface area contributed by atoms with E-state index < -0.39 is 0 Å². The Hall–Kier alpha value is 0.700. The number of hydrogen-bond donors (Lipinski definition) is 0. The first kappa shape index (κ1) is 6.41. The molecule has 2 aliphatic rings. The van der Waals surface area contributed by atoms with Gasteiger partial charge in [0.25, 0.3) is 0 Å². The van der Waals surface area contributed by atoms with E-state index in [0.29, 0.717) is 9.49 Å². The van der Waals surface area contributed by atoms with Crippen LogP contribution in [0, 0.1) is 0 Å². The maximum absolute atomic E-state index is 2.39. The van der Waals surface area contributed by atoms with E-state index in [9.17, 15) is 0 Å². The van der Waals surface area contributed by atoms with Crippen molar-refractivity contribution >= 4 is 23.5 Å². The molecule has 2 fully saturated rings. The van der Waals surface area contributed by atoms with Gasteiger partial charge < -0.3 is 0 Å². The highest BCUT2D eigenvalue weighted by atomic mass is 32.2. The SMILES string of the molecule is CC1(CC2(C)CS2)CS1. The van der Waals surface area contributed by atoms with Crippen molar-refractivity contribution in [2.24, 2.45) is 0 Å². The summed E-state index contributed by atoms with van der Waals surface area (Å²) in [5, 5.41) is 0. The molecule has 2 heteroatoms. The zero-order valence-electron chi connectivity index (χ0n) is 5.94. The minimum atomic E-state index is 0.693. The van der Waals surface area contributed by atoms with Crippen LogP contribution in [-0.4, -0.2) is 21.0 Å². The molecule has 2 saturated heterocycles. The fraction of sp³-hybridized carbons (Fsp3) is 1.00. The van der Waals surface area contributed by atoms with Gasteiger partial charge in [-0.15, -0.1) is 0 Å². The summed E-state index contributed by atoms with van der Waals surface area (Å²) in [5.74, 6) is 2.81. The van der Waals surface area contributed by atoms with Crippen molar-refractivity contribution in [3.8, 4) is 0 Å². The van der Waals surface area contributed by atoms with Crippen LogP contribution in [0.25, 0.3) is 0 Å². The maximum atomic E-state index is 2.39. The largest absolute Gasteiger partial charge is 0.153 e. The molecule has 2 atom stereocenters. The molecule has 2 unspecified atom stereocenters. The van der Waals surface area contributed by atoms with E-state index in [4.69, 9.17) is 0 Å². The first-order chi connectivity index (χ1) is 4.12. The summed E-state index contributed by atoms with van der Waals surface area (Å²) in [6.07, 6.45) is 1.44. The van der Waals surface area contributed by atoms with Crippen LogP contribution in [0.2, 0.25) is 0 Å². The van der Waals surface area contributed by atoms with Crippen LogP contribution in [0.5, 0.6) is 0 Å². The second-order valence-electron chi connectivity index (χ2n) is 3.65. The van der Waals surface area contributed by atoms with Crippen molar-refractivity contribution in [2.75, 3.05) is 11.5 Å². The molecule has 0 aliphatic carbocycles. The number of thioether (sulfide) groups is 2. The van der Waals surface area contributed by atoms with Gasteiger partial charge in [-0.3, -0.25) is 0 Å². The van der Waals surface area contributed by atoms with Gasteiger partial charge in [-0.1, -0.05) is 0 Å². The molecule has 2 aliphatic heterocycles. The Kier molecular flexibility index (Phi) is 1.17. The van der Waals surface area contributed by atoms with Crippen LogP contribution in [0.4, 0.5) is 0 Å². The Labute approximate surface area is 65.2 Å². The van der Waals surface area contributed by atoms with Gasteiger partial charge in [-0.05, 0) is 20.3 Å². The summed E-state index contributed by atoms with van der Waals surface area (Å²) >= 11 is 4.25. The molecule has 0 aromatic rings. The fourth-order valence-electron chi connectivity index (χ4n) is 1.24. The van der Waals surface area contributed by atoms with Gasteiger partial charge in [-0.25, -0.2) is 0 Å². The highest BCUT2D eigenvalue weighted by molar-refractivity contribution is 8.09. The quantitative estimate of drug-likeness (QED) is 0.569. The summed E-state index contributed by atoms with van der Waals surface area (Å²) in [6.45, 7) is 4.78. The molecule has 0 N–H and O–H groups in total. The van der Waals surface area contributed by atoms with E-state index >= 15 is 0 Å². The molecule has 0 aromatic carbocycles. The lowest BCUT2D eigenvalue weighted by Crippen LogP contribution is -2.14. The van der Waals surface area contributed by atoms with Gasteiger partial charge in [-0.2, -0.15) is 23.5 Å². The Morgan fingerprint density at radius 2 is 1.44 bits per heavy atom. The summed E-state index contributed by atoms with van der Waals surface area (Å²) in [4.78, 5) is 0. The zero-order valence-corrected chi connectivity index (χ0v) is 7.57. The van der Waals surface area contributed by atoms with Crippen LogP contribution in [-0.2, 0) is 0 Å². The van der Waals surface area contributed by atoms with Crippen molar-refractivity contribution < 1.29 is 0 Å². The molecule has 52 valence electrons. The van der Waals surface area contributed by atoms with Crippen LogP contribution in [0.3, 0.4) is 0 Å². The summed E-state index contributed by atoms with van der Waals surface area (Å²) in [5.41, 5.74) is 0. The number of hydrogen-bond acceptors (Lipinski definition) is 2. The van der Waals surface area contributed by atoms with Crippen molar-refractivity contribution in [2.45, 2.75) is 29.8 Å². The summed E-state index contributed by atoms with van der Waals surface area (Å²) in [6, 6.07) is 0. The van der Waals surface area contributed by atoms with Gasteiger partial charge in [0.05, 0.1) is 0 Å². The molecule has 0 radical (unpaired) electrons. The fourth-order valence-corrected chi connectivity index (χ4v) is 2.87. The molecular weight excluding hydrogens is 148 g/mol. The predicted octanol–water partition coefficient (Wildman–Crippen LogP) is 2.39. The molecule has 0 amide bonds. The molecule has 2 rings (SSSR count). The van der Waals surface area contributed by atoms with E-state index in [2.05, 4.69) is 37.4 Å². The molecule has 0 spiro atoms. The van der Waals surface area contributed by atoms with E-state index in [1.807, 2.05) is 0 Å². The summed E-state index contributed by atoms with van der Waals surface area (Å²) in [7, 11) is 0. The smallest absolute Gasteiger partial charge is 0.0236 e. The standard InChI is InChI=1S/C7H12S2/c1-6(4-8-6)3-7(2)5-9-7/h3-5H2,1-2H3. The van der Waals surface area contributed by atoms with E-state index in [1.165, 1.54) is 17.9 Å². The van der Waals surface area contributed by atoms with Gasteiger partial charge in [0, 0.05) is 21.0 Å². The van der Waals surface area contributed by atoms with Gasteiger partial charge in [0.1, 0.15) is 0 Å². The van der Waals surface area contributed by atoms with Crippen LogP contribution in [0.1, 0.15) is 20.3 Å². The second-order valence-corrected chi connectivity index (χ2v) is 6.78. The monoisotopic (exact) mass is 160 g/mol. The minimum absolute atomic E-state index is 0.693. The Bertz CT molecular complexity index is 118. The average Bonchev–Trinajstić information content (AvgIpc) is 2.55. The molecule has 0 bridgehead atoms. The first-order valence-corrected chi connectivity index (χ1v) is 5.37. The molecule has 2 heterocycles. The highest BCUT2D eigenvalue weighted by Crippen LogP contribution is 2.58. The highest BCUT2D eigenvalue weighted by Gasteiger charge is 2.50. The third kappa shape index (κ3) is 1.40. The number of rotatable bonds is 2. The molecule has 9 heavy (non-hydrogen) atoms. The summed E-state index contributed by atoms with van der Waals surface area (Å²) < 4.78 is 1.39. The van der Waals surface area contributed by atoms with Crippen molar-refractivity contribution in [1.82, 2.24) is 0 Å². The Balaban J connectivity index is 1.90. The zero-order chi connectivity index (χ0) is 6.54.